The average molecular weight is 236 g/mol. The molecule has 0 fully saturated rings. The third-order valence-corrected chi connectivity index (χ3v) is 3.37. The van der Waals surface area contributed by atoms with E-state index in [0.29, 0.717) is 0 Å². The van der Waals surface area contributed by atoms with Crippen LogP contribution in [0.15, 0.2) is 0 Å². The van der Waals surface area contributed by atoms with Crippen LogP contribution in [0.5, 0.6) is 0 Å². The van der Waals surface area contributed by atoms with E-state index in [-0.39, 0.29) is 0 Å². The minimum atomic E-state index is -1.18. The molecule has 0 spiro atoms. The first-order valence-electron chi connectivity index (χ1n) is 3.70. The van der Waals surface area contributed by atoms with E-state index >= 15 is 0 Å². The average Bonchev–Trinajstić information content (AvgIpc) is 1.80. The molecule has 1 radical (unpaired) electrons. The maximum absolute atomic E-state index is 5.54. The molecule has 0 saturated carbocycles. The van der Waals surface area contributed by atoms with Gasteiger partial charge in [-0.1, -0.05) is 0 Å². The van der Waals surface area contributed by atoms with E-state index in [2.05, 4.69) is 16.8 Å². The van der Waals surface area contributed by atoms with Gasteiger partial charge >= 0.3 is 65.9 Å². The molecule has 0 aliphatic carbocycles. The molecule has 0 aliphatic heterocycles. The summed E-state index contributed by atoms with van der Waals surface area (Å²) < 4.78 is 5.54. The van der Waals surface area contributed by atoms with E-state index in [4.69, 9.17) is 3.07 Å². The Morgan fingerprint density at radius 1 is 1.22 bits per heavy atom. The second-order valence-corrected chi connectivity index (χ2v) is 8.47. The summed E-state index contributed by atoms with van der Waals surface area (Å²) in [5.41, 5.74) is 0. The summed E-state index contributed by atoms with van der Waals surface area (Å²) in [5.74, 6) is 0. The molecule has 0 amide bonds. The van der Waals surface area contributed by atoms with Gasteiger partial charge in [0.1, 0.15) is 0 Å². The fourth-order valence-corrected chi connectivity index (χ4v) is 2.21. The predicted molar refractivity (Wildman–Crippen MR) is 43.0 cm³/mol. The molecule has 0 aliphatic rings. The molecule has 0 aromatic heterocycles. The molecule has 0 bridgehead atoms. The van der Waals surface area contributed by atoms with Gasteiger partial charge in [-0.25, -0.2) is 0 Å². The number of unbranched alkanes of at least 4 members (excludes halogenated alkanes) is 2. The second kappa shape index (κ2) is 6.87. The Kier molecular flexibility index (Phi) is 7.45. The van der Waals surface area contributed by atoms with E-state index in [1.165, 1.54) is 19.3 Å². The van der Waals surface area contributed by atoms with Crippen LogP contribution in [-0.4, -0.2) is 26.8 Å². The second-order valence-electron chi connectivity index (χ2n) is 2.46. The van der Waals surface area contributed by atoms with E-state index in [9.17, 15) is 0 Å². The predicted octanol–water partition coefficient (Wildman–Crippen LogP) is 2.44. The van der Waals surface area contributed by atoms with Crippen molar-refractivity contribution in [3.8, 4) is 0 Å². The maximum atomic E-state index is 5.54. The number of hydrogen-bond donors (Lipinski definition) is 0. The molecule has 0 heterocycles. The van der Waals surface area contributed by atoms with Crippen molar-refractivity contribution in [2.45, 2.75) is 36.1 Å². The summed E-state index contributed by atoms with van der Waals surface area (Å²) in [5, 5.41) is 0. The van der Waals surface area contributed by atoms with Gasteiger partial charge in [0.15, 0.2) is 0 Å². The Balaban J connectivity index is 2.75. The van der Waals surface area contributed by atoms with Crippen LogP contribution in [0.4, 0.5) is 0 Å². The minimum absolute atomic E-state index is 1.02. The van der Waals surface area contributed by atoms with Crippen molar-refractivity contribution in [3.05, 3.63) is 0 Å². The van der Waals surface area contributed by atoms with Crippen molar-refractivity contribution in [2.24, 2.45) is 0 Å². The summed E-state index contributed by atoms with van der Waals surface area (Å²) in [6.45, 7) is 3.24. The molecule has 9 heavy (non-hydrogen) atoms. The number of rotatable bonds is 5. The Hall–Kier alpha value is 0.759. The molecule has 0 saturated heterocycles. The molecule has 1 nitrogen and oxygen atoms in total. The topological polar surface area (TPSA) is 9.23 Å². The van der Waals surface area contributed by atoms with Crippen LogP contribution in [0.1, 0.15) is 26.2 Å². The molecule has 0 rings (SSSR count). The van der Waals surface area contributed by atoms with E-state index < -0.39 is 20.2 Å². The molecule has 0 N–H and O–H groups in total. The Bertz CT molecular complexity index is 54.9. The van der Waals surface area contributed by atoms with E-state index in [0.717, 1.165) is 6.61 Å². The molecular formula is C7H17OSn. The zero-order valence-electron chi connectivity index (χ0n) is 6.74. The summed E-state index contributed by atoms with van der Waals surface area (Å²) in [6.07, 6.45) is 3.90. The monoisotopic (exact) mass is 237 g/mol. The van der Waals surface area contributed by atoms with Gasteiger partial charge < -0.3 is 0 Å². The van der Waals surface area contributed by atoms with Gasteiger partial charge in [0.25, 0.3) is 0 Å². The van der Waals surface area contributed by atoms with Crippen LogP contribution in [0, 0.1) is 0 Å². The van der Waals surface area contributed by atoms with Crippen LogP contribution in [0.3, 0.4) is 0 Å². The van der Waals surface area contributed by atoms with Gasteiger partial charge in [0.2, 0.25) is 0 Å². The van der Waals surface area contributed by atoms with Crippen molar-refractivity contribution in [1.82, 2.24) is 0 Å². The molecule has 0 unspecified atom stereocenters. The van der Waals surface area contributed by atoms with Crippen LogP contribution < -0.4 is 0 Å². The van der Waals surface area contributed by atoms with Crippen molar-refractivity contribution in [1.29, 1.82) is 0 Å². The molecular weight excluding hydrogens is 219 g/mol. The molecule has 0 aromatic rings. The first-order valence-corrected chi connectivity index (χ1v) is 10.6. The molecule has 2 heteroatoms. The van der Waals surface area contributed by atoms with E-state index in [1.807, 2.05) is 0 Å². The van der Waals surface area contributed by atoms with Crippen molar-refractivity contribution < 1.29 is 3.07 Å². The first-order chi connectivity index (χ1) is 4.27. The third-order valence-electron chi connectivity index (χ3n) is 1.14. The van der Waals surface area contributed by atoms with Crippen molar-refractivity contribution in [2.75, 3.05) is 6.61 Å². The fourth-order valence-electron chi connectivity index (χ4n) is 0.628. The third kappa shape index (κ3) is 8.76. The fraction of sp³-hybridized carbons (Fsp3) is 1.00. The van der Waals surface area contributed by atoms with Gasteiger partial charge in [-0.3, -0.25) is 0 Å². The standard InChI is InChI=1S/C5H11O.2CH3.Sn/c1-2-3-4-5-6;;;/h2-5H2,1H3;2*1H3;/q-1;;;+1. The van der Waals surface area contributed by atoms with Crippen molar-refractivity contribution >= 4 is 20.2 Å². The van der Waals surface area contributed by atoms with Gasteiger partial charge in [0, 0.05) is 0 Å². The Labute approximate surface area is 66.1 Å². The first kappa shape index (κ1) is 9.76. The summed E-state index contributed by atoms with van der Waals surface area (Å²) >= 11 is -1.18. The summed E-state index contributed by atoms with van der Waals surface area (Å²) in [7, 11) is 0. The van der Waals surface area contributed by atoms with Gasteiger partial charge in [-0.2, -0.15) is 0 Å². The van der Waals surface area contributed by atoms with Crippen molar-refractivity contribution in [3.63, 3.8) is 0 Å². The normalized spacial score (nSPS) is 10.7. The van der Waals surface area contributed by atoms with Crippen LogP contribution in [0.25, 0.3) is 0 Å². The quantitative estimate of drug-likeness (QED) is 0.526. The zero-order valence-corrected chi connectivity index (χ0v) is 9.59. The molecule has 55 valence electrons. The van der Waals surface area contributed by atoms with Crippen LogP contribution in [0.2, 0.25) is 9.88 Å². The molecule has 0 atom stereocenters. The van der Waals surface area contributed by atoms with E-state index in [1.54, 1.807) is 0 Å². The van der Waals surface area contributed by atoms with Gasteiger partial charge in [-0.15, -0.1) is 0 Å². The Morgan fingerprint density at radius 3 is 2.33 bits per heavy atom. The summed E-state index contributed by atoms with van der Waals surface area (Å²) in [4.78, 5) is 4.54. The SMILES string of the molecule is CCCCC[O][Sn]([CH3])[CH3]. The van der Waals surface area contributed by atoms with Gasteiger partial charge in [0.05, 0.1) is 0 Å². The summed E-state index contributed by atoms with van der Waals surface area (Å²) in [6, 6.07) is 0. The zero-order chi connectivity index (χ0) is 7.11. The van der Waals surface area contributed by atoms with Gasteiger partial charge in [-0.05, 0) is 0 Å². The molecule has 0 aromatic carbocycles. The van der Waals surface area contributed by atoms with Crippen LogP contribution in [-0.2, 0) is 3.07 Å². The Morgan fingerprint density at radius 2 is 1.89 bits per heavy atom. The number of hydrogen-bond acceptors (Lipinski definition) is 1. The van der Waals surface area contributed by atoms with Crippen LogP contribution >= 0.6 is 0 Å².